The fourth-order valence-corrected chi connectivity index (χ4v) is 1.48. The molecule has 0 aliphatic rings. The number of phenolic OH excluding ortho intramolecular Hbond substituents is 1. The average Bonchev–Trinajstić information content (AvgIpc) is 2.26. The summed E-state index contributed by atoms with van der Waals surface area (Å²) in [4.78, 5) is 13.6. The molecule has 1 aromatic rings. The maximum Gasteiger partial charge on any atom is 0.228 e. The van der Waals surface area contributed by atoms with Crippen LogP contribution in [0.15, 0.2) is 24.3 Å². The van der Waals surface area contributed by atoms with E-state index in [2.05, 4.69) is 0 Å². The van der Waals surface area contributed by atoms with Gasteiger partial charge in [0.15, 0.2) is 0 Å². The molecule has 1 aromatic carbocycles. The minimum absolute atomic E-state index is 0.0528. The molecule has 1 amide bonds. The largest absolute Gasteiger partial charge is 0.508 e. The standard InChI is InChI=1S/C14H22N2O2/c1-14(2,3)12(15)9-13(18)16(4)10-6-5-7-11(17)8-10/h5-8,12,17H,9,15H2,1-4H3. The van der Waals surface area contributed by atoms with Crippen LogP contribution in [0.2, 0.25) is 0 Å². The number of amides is 1. The van der Waals surface area contributed by atoms with Gasteiger partial charge < -0.3 is 15.7 Å². The van der Waals surface area contributed by atoms with Crippen LogP contribution >= 0.6 is 0 Å². The number of rotatable bonds is 3. The summed E-state index contributed by atoms with van der Waals surface area (Å²) in [7, 11) is 1.69. The van der Waals surface area contributed by atoms with E-state index in [0.29, 0.717) is 5.69 Å². The Labute approximate surface area is 108 Å². The van der Waals surface area contributed by atoms with Crippen LogP contribution in [-0.2, 0) is 4.79 Å². The summed E-state index contributed by atoms with van der Waals surface area (Å²) >= 11 is 0. The summed E-state index contributed by atoms with van der Waals surface area (Å²) in [5.74, 6) is 0.0929. The van der Waals surface area contributed by atoms with Crippen LogP contribution in [0.3, 0.4) is 0 Å². The normalized spacial score (nSPS) is 13.2. The molecule has 0 aliphatic carbocycles. The number of benzene rings is 1. The van der Waals surface area contributed by atoms with Gasteiger partial charge in [-0.05, 0) is 17.5 Å². The van der Waals surface area contributed by atoms with E-state index in [9.17, 15) is 9.90 Å². The number of hydrogen-bond acceptors (Lipinski definition) is 3. The van der Waals surface area contributed by atoms with Gasteiger partial charge in [0.1, 0.15) is 5.75 Å². The first-order chi connectivity index (χ1) is 8.21. The Morgan fingerprint density at radius 1 is 1.44 bits per heavy atom. The van der Waals surface area contributed by atoms with Gasteiger partial charge in [-0.15, -0.1) is 0 Å². The molecule has 18 heavy (non-hydrogen) atoms. The number of nitrogens with zero attached hydrogens (tertiary/aromatic N) is 1. The predicted octanol–water partition coefficient (Wildman–Crippen LogP) is 2.12. The Bertz CT molecular complexity index is 424. The molecule has 0 saturated heterocycles. The zero-order valence-corrected chi connectivity index (χ0v) is 11.5. The lowest BCUT2D eigenvalue weighted by Gasteiger charge is -2.28. The van der Waals surface area contributed by atoms with Crippen molar-refractivity contribution < 1.29 is 9.90 Å². The number of aromatic hydroxyl groups is 1. The molecule has 1 rings (SSSR count). The van der Waals surface area contributed by atoms with Crippen LogP contribution in [0.5, 0.6) is 5.75 Å². The lowest BCUT2D eigenvalue weighted by Crippen LogP contribution is -2.40. The second kappa shape index (κ2) is 5.40. The number of phenols is 1. The molecule has 4 nitrogen and oxygen atoms in total. The van der Waals surface area contributed by atoms with Gasteiger partial charge in [0.05, 0.1) is 0 Å². The first kappa shape index (κ1) is 14.5. The van der Waals surface area contributed by atoms with Gasteiger partial charge in [-0.3, -0.25) is 4.79 Å². The first-order valence-corrected chi connectivity index (χ1v) is 6.03. The molecule has 3 N–H and O–H groups in total. The number of hydrogen-bond donors (Lipinski definition) is 2. The SMILES string of the molecule is CN(C(=O)CC(N)C(C)(C)C)c1cccc(O)c1. The molecule has 0 aliphatic heterocycles. The summed E-state index contributed by atoms with van der Waals surface area (Å²) < 4.78 is 0. The van der Waals surface area contributed by atoms with E-state index in [1.165, 1.54) is 4.90 Å². The van der Waals surface area contributed by atoms with E-state index in [0.717, 1.165) is 0 Å². The van der Waals surface area contributed by atoms with Crippen LogP contribution in [0.25, 0.3) is 0 Å². The number of carbonyl (C=O) groups is 1. The monoisotopic (exact) mass is 250 g/mol. The molecule has 0 heterocycles. The Kier molecular flexibility index (Phi) is 4.35. The van der Waals surface area contributed by atoms with Crippen molar-refractivity contribution in [2.45, 2.75) is 33.2 Å². The molecule has 1 unspecified atom stereocenters. The average molecular weight is 250 g/mol. The van der Waals surface area contributed by atoms with Crippen LogP contribution in [0.4, 0.5) is 5.69 Å². The van der Waals surface area contributed by atoms with E-state index in [1.54, 1.807) is 31.3 Å². The Morgan fingerprint density at radius 2 is 2.06 bits per heavy atom. The zero-order chi connectivity index (χ0) is 13.9. The lowest BCUT2D eigenvalue weighted by atomic mass is 9.85. The van der Waals surface area contributed by atoms with Gasteiger partial charge in [-0.1, -0.05) is 26.8 Å². The molecule has 0 saturated carbocycles. The van der Waals surface area contributed by atoms with Crippen molar-refractivity contribution in [3.8, 4) is 5.75 Å². The van der Waals surface area contributed by atoms with Gasteiger partial charge in [0, 0.05) is 31.3 Å². The molecule has 0 spiro atoms. The van der Waals surface area contributed by atoms with Gasteiger partial charge in [-0.2, -0.15) is 0 Å². The Hall–Kier alpha value is -1.55. The quantitative estimate of drug-likeness (QED) is 0.863. The minimum Gasteiger partial charge on any atom is -0.508 e. The van der Waals surface area contributed by atoms with Gasteiger partial charge in [0.2, 0.25) is 5.91 Å². The number of nitrogens with two attached hydrogens (primary N) is 1. The zero-order valence-electron chi connectivity index (χ0n) is 11.5. The highest BCUT2D eigenvalue weighted by Crippen LogP contribution is 2.23. The number of carbonyl (C=O) groups excluding carboxylic acids is 1. The van der Waals surface area contributed by atoms with Crippen LogP contribution < -0.4 is 10.6 Å². The highest BCUT2D eigenvalue weighted by atomic mass is 16.3. The minimum atomic E-state index is -0.190. The van der Waals surface area contributed by atoms with Crippen molar-refractivity contribution in [3.63, 3.8) is 0 Å². The van der Waals surface area contributed by atoms with Crippen molar-refractivity contribution in [1.29, 1.82) is 0 Å². The first-order valence-electron chi connectivity index (χ1n) is 6.03. The third kappa shape index (κ3) is 3.74. The Balaban J connectivity index is 2.73. The van der Waals surface area contributed by atoms with Crippen LogP contribution in [0, 0.1) is 5.41 Å². The van der Waals surface area contributed by atoms with Crippen molar-refractivity contribution >= 4 is 11.6 Å². The molecule has 100 valence electrons. The van der Waals surface area contributed by atoms with Crippen LogP contribution in [-0.4, -0.2) is 24.1 Å². The molecule has 1 atom stereocenters. The third-order valence-corrected chi connectivity index (χ3v) is 3.10. The molecule has 0 aromatic heterocycles. The molecule has 0 bridgehead atoms. The van der Waals surface area contributed by atoms with E-state index in [4.69, 9.17) is 5.73 Å². The second-order valence-electron chi connectivity index (χ2n) is 5.65. The van der Waals surface area contributed by atoms with Crippen molar-refractivity contribution in [2.24, 2.45) is 11.1 Å². The molecular formula is C14H22N2O2. The highest BCUT2D eigenvalue weighted by molar-refractivity contribution is 5.93. The van der Waals surface area contributed by atoms with Gasteiger partial charge in [-0.25, -0.2) is 0 Å². The van der Waals surface area contributed by atoms with Gasteiger partial charge in [0.25, 0.3) is 0 Å². The van der Waals surface area contributed by atoms with E-state index < -0.39 is 0 Å². The topological polar surface area (TPSA) is 66.6 Å². The summed E-state index contributed by atoms with van der Waals surface area (Å²) in [5.41, 5.74) is 6.57. The fraction of sp³-hybridized carbons (Fsp3) is 0.500. The van der Waals surface area contributed by atoms with Crippen molar-refractivity contribution in [1.82, 2.24) is 0 Å². The van der Waals surface area contributed by atoms with Gasteiger partial charge >= 0.3 is 0 Å². The summed E-state index contributed by atoms with van der Waals surface area (Å²) in [6.07, 6.45) is 0.287. The second-order valence-corrected chi connectivity index (χ2v) is 5.65. The van der Waals surface area contributed by atoms with E-state index >= 15 is 0 Å². The summed E-state index contributed by atoms with van der Waals surface area (Å²) in [5, 5.41) is 9.39. The van der Waals surface area contributed by atoms with E-state index in [-0.39, 0.29) is 29.5 Å². The number of anilines is 1. The van der Waals surface area contributed by atoms with Crippen LogP contribution in [0.1, 0.15) is 27.2 Å². The maximum atomic E-state index is 12.1. The predicted molar refractivity (Wildman–Crippen MR) is 73.6 cm³/mol. The van der Waals surface area contributed by atoms with Crippen molar-refractivity contribution in [3.05, 3.63) is 24.3 Å². The molecular weight excluding hydrogens is 228 g/mol. The Morgan fingerprint density at radius 3 is 2.56 bits per heavy atom. The molecule has 0 radical (unpaired) electrons. The van der Waals surface area contributed by atoms with Crippen molar-refractivity contribution in [2.75, 3.05) is 11.9 Å². The summed E-state index contributed by atoms with van der Waals surface area (Å²) in [6.45, 7) is 6.04. The lowest BCUT2D eigenvalue weighted by molar-refractivity contribution is -0.119. The summed E-state index contributed by atoms with van der Waals surface area (Å²) in [6, 6.07) is 6.42. The van der Waals surface area contributed by atoms with E-state index in [1.807, 2.05) is 20.8 Å². The molecule has 0 fully saturated rings. The fourth-order valence-electron chi connectivity index (χ4n) is 1.48. The molecule has 4 heteroatoms. The highest BCUT2D eigenvalue weighted by Gasteiger charge is 2.24. The third-order valence-electron chi connectivity index (χ3n) is 3.10. The maximum absolute atomic E-state index is 12.1. The smallest absolute Gasteiger partial charge is 0.228 e.